The van der Waals surface area contributed by atoms with Crippen LogP contribution in [0.15, 0.2) is 12.2 Å². The van der Waals surface area contributed by atoms with Crippen LogP contribution in [0.5, 0.6) is 0 Å². The van der Waals surface area contributed by atoms with E-state index in [9.17, 15) is 0 Å². The first kappa shape index (κ1) is 14.0. The summed E-state index contributed by atoms with van der Waals surface area (Å²) in [6, 6.07) is 1.15. The molecule has 3 unspecified atom stereocenters. The van der Waals surface area contributed by atoms with Crippen molar-refractivity contribution in [3.05, 3.63) is 12.2 Å². The second kappa shape index (κ2) is 7.24. The average Bonchev–Trinajstić information content (AvgIpc) is 2.39. The van der Waals surface area contributed by atoms with Gasteiger partial charge in [0.1, 0.15) is 0 Å². The molecular formula is C14H26N2O2. The molecule has 2 aliphatic rings. The highest BCUT2D eigenvalue weighted by Crippen LogP contribution is 2.20. The third-order valence-electron chi connectivity index (χ3n) is 3.77. The van der Waals surface area contributed by atoms with Crippen molar-refractivity contribution in [3.63, 3.8) is 0 Å². The fourth-order valence-corrected chi connectivity index (χ4v) is 2.80. The number of rotatable bonds is 5. The standard InChI is InChI=1S/C14H26N2O2/c1-12-11-16(7-6-15-12)13-4-3-5-14(10-13)18-9-8-17-2/h3-4,12-15H,5-11H2,1-2H3. The van der Waals surface area contributed by atoms with Crippen LogP contribution >= 0.6 is 0 Å². The van der Waals surface area contributed by atoms with Gasteiger partial charge >= 0.3 is 0 Å². The maximum absolute atomic E-state index is 5.85. The SMILES string of the molecule is COCCOC1CC=CC(N2CCNC(C)C2)C1. The Bertz CT molecular complexity index is 271. The summed E-state index contributed by atoms with van der Waals surface area (Å²) in [7, 11) is 1.72. The van der Waals surface area contributed by atoms with Crippen molar-refractivity contribution in [2.24, 2.45) is 0 Å². The van der Waals surface area contributed by atoms with Gasteiger partial charge in [-0.3, -0.25) is 4.90 Å². The van der Waals surface area contributed by atoms with Gasteiger partial charge in [0.05, 0.1) is 19.3 Å². The first-order valence-corrected chi connectivity index (χ1v) is 7.04. The summed E-state index contributed by atoms with van der Waals surface area (Å²) in [4.78, 5) is 2.57. The first-order valence-electron chi connectivity index (χ1n) is 7.04. The maximum Gasteiger partial charge on any atom is 0.0704 e. The van der Waals surface area contributed by atoms with E-state index in [4.69, 9.17) is 9.47 Å². The molecule has 1 fully saturated rings. The summed E-state index contributed by atoms with van der Waals surface area (Å²) in [5.74, 6) is 0. The number of ether oxygens (including phenoxy) is 2. The van der Waals surface area contributed by atoms with Crippen LogP contribution < -0.4 is 5.32 Å². The van der Waals surface area contributed by atoms with Crippen LogP contribution in [-0.4, -0.2) is 63.0 Å². The molecule has 0 aromatic carbocycles. The fourth-order valence-electron chi connectivity index (χ4n) is 2.80. The van der Waals surface area contributed by atoms with Crippen LogP contribution in [-0.2, 0) is 9.47 Å². The lowest BCUT2D eigenvalue weighted by molar-refractivity contribution is -0.000962. The van der Waals surface area contributed by atoms with Gasteiger partial charge in [-0.25, -0.2) is 0 Å². The molecule has 0 bridgehead atoms. The van der Waals surface area contributed by atoms with Gasteiger partial charge in [-0.15, -0.1) is 0 Å². The molecule has 1 aliphatic heterocycles. The van der Waals surface area contributed by atoms with Gasteiger partial charge in [0.25, 0.3) is 0 Å². The zero-order valence-electron chi connectivity index (χ0n) is 11.6. The van der Waals surface area contributed by atoms with Crippen LogP contribution in [0.1, 0.15) is 19.8 Å². The van der Waals surface area contributed by atoms with Crippen molar-refractivity contribution in [1.29, 1.82) is 0 Å². The van der Waals surface area contributed by atoms with Crippen molar-refractivity contribution in [1.82, 2.24) is 10.2 Å². The zero-order valence-corrected chi connectivity index (χ0v) is 11.6. The zero-order chi connectivity index (χ0) is 12.8. The van der Waals surface area contributed by atoms with Gasteiger partial charge in [0.2, 0.25) is 0 Å². The molecule has 0 aromatic heterocycles. The Kier molecular flexibility index (Phi) is 5.63. The Labute approximate surface area is 110 Å². The molecular weight excluding hydrogens is 228 g/mol. The van der Waals surface area contributed by atoms with Crippen LogP contribution in [0.25, 0.3) is 0 Å². The van der Waals surface area contributed by atoms with Crippen LogP contribution in [0.2, 0.25) is 0 Å². The Balaban J connectivity index is 1.79. The minimum Gasteiger partial charge on any atom is -0.382 e. The highest BCUT2D eigenvalue weighted by Gasteiger charge is 2.26. The lowest BCUT2D eigenvalue weighted by Crippen LogP contribution is -2.53. The Morgan fingerprint density at radius 3 is 3.06 bits per heavy atom. The Hall–Kier alpha value is -0.420. The van der Waals surface area contributed by atoms with Gasteiger partial charge in [-0.2, -0.15) is 0 Å². The molecule has 4 heteroatoms. The summed E-state index contributed by atoms with van der Waals surface area (Å²) in [6.07, 6.45) is 7.15. The summed E-state index contributed by atoms with van der Waals surface area (Å²) >= 11 is 0. The second-order valence-electron chi connectivity index (χ2n) is 5.30. The summed E-state index contributed by atoms with van der Waals surface area (Å²) in [6.45, 7) is 7.03. The number of hydrogen-bond acceptors (Lipinski definition) is 4. The van der Waals surface area contributed by atoms with Crippen LogP contribution in [0, 0.1) is 0 Å². The lowest BCUT2D eigenvalue weighted by Gasteiger charge is -2.39. The molecule has 18 heavy (non-hydrogen) atoms. The number of nitrogens with one attached hydrogen (secondary N) is 1. The molecule has 1 saturated heterocycles. The van der Waals surface area contributed by atoms with Gasteiger partial charge in [0.15, 0.2) is 0 Å². The average molecular weight is 254 g/mol. The van der Waals surface area contributed by atoms with Gasteiger partial charge < -0.3 is 14.8 Å². The highest BCUT2D eigenvalue weighted by atomic mass is 16.5. The number of hydrogen-bond donors (Lipinski definition) is 1. The highest BCUT2D eigenvalue weighted by molar-refractivity contribution is 5.03. The molecule has 0 amide bonds. The van der Waals surface area contributed by atoms with Crippen LogP contribution in [0.3, 0.4) is 0 Å². The molecule has 3 atom stereocenters. The third kappa shape index (κ3) is 4.05. The van der Waals surface area contributed by atoms with Crippen molar-refractivity contribution in [2.45, 2.75) is 38.0 Å². The van der Waals surface area contributed by atoms with E-state index in [1.165, 1.54) is 0 Å². The number of piperazine rings is 1. The molecule has 0 radical (unpaired) electrons. The maximum atomic E-state index is 5.85. The van der Waals surface area contributed by atoms with Gasteiger partial charge in [-0.05, 0) is 19.8 Å². The van der Waals surface area contributed by atoms with Crippen molar-refractivity contribution < 1.29 is 9.47 Å². The topological polar surface area (TPSA) is 33.7 Å². The molecule has 0 saturated carbocycles. The number of nitrogens with zero attached hydrogens (tertiary/aromatic N) is 1. The summed E-state index contributed by atoms with van der Waals surface area (Å²) in [5.41, 5.74) is 0. The first-order chi connectivity index (χ1) is 8.79. The molecule has 1 heterocycles. The third-order valence-corrected chi connectivity index (χ3v) is 3.77. The monoisotopic (exact) mass is 254 g/mol. The second-order valence-corrected chi connectivity index (χ2v) is 5.30. The molecule has 1 N–H and O–H groups in total. The predicted molar refractivity (Wildman–Crippen MR) is 72.8 cm³/mol. The fraction of sp³-hybridized carbons (Fsp3) is 0.857. The van der Waals surface area contributed by atoms with E-state index < -0.39 is 0 Å². The van der Waals surface area contributed by atoms with Crippen molar-refractivity contribution in [2.75, 3.05) is 40.0 Å². The van der Waals surface area contributed by atoms with Crippen molar-refractivity contribution in [3.8, 4) is 0 Å². The van der Waals surface area contributed by atoms with E-state index in [2.05, 4.69) is 29.3 Å². The van der Waals surface area contributed by atoms with E-state index >= 15 is 0 Å². The van der Waals surface area contributed by atoms with E-state index in [1.54, 1.807) is 7.11 Å². The van der Waals surface area contributed by atoms with E-state index in [0.717, 1.165) is 32.5 Å². The van der Waals surface area contributed by atoms with Crippen LogP contribution in [0.4, 0.5) is 0 Å². The van der Waals surface area contributed by atoms with Gasteiger partial charge in [0, 0.05) is 38.8 Å². The molecule has 1 aliphatic carbocycles. The van der Waals surface area contributed by atoms with E-state index in [-0.39, 0.29) is 0 Å². The normalized spacial score (nSPS) is 33.8. The van der Waals surface area contributed by atoms with E-state index in [0.29, 0.717) is 31.4 Å². The predicted octanol–water partition coefficient (Wildman–Crippen LogP) is 1.03. The Morgan fingerprint density at radius 2 is 2.28 bits per heavy atom. The summed E-state index contributed by atoms with van der Waals surface area (Å²) < 4.78 is 10.9. The molecule has 2 rings (SSSR count). The minimum atomic E-state index is 0.361. The van der Waals surface area contributed by atoms with E-state index in [1.807, 2.05) is 0 Å². The quantitative estimate of drug-likeness (QED) is 0.587. The number of methoxy groups -OCH3 is 1. The van der Waals surface area contributed by atoms with Crippen molar-refractivity contribution >= 4 is 0 Å². The molecule has 104 valence electrons. The molecule has 4 nitrogen and oxygen atoms in total. The van der Waals surface area contributed by atoms with Gasteiger partial charge in [-0.1, -0.05) is 12.2 Å². The smallest absolute Gasteiger partial charge is 0.0704 e. The lowest BCUT2D eigenvalue weighted by atomic mass is 9.97. The minimum absolute atomic E-state index is 0.361. The Morgan fingerprint density at radius 1 is 1.39 bits per heavy atom. The largest absolute Gasteiger partial charge is 0.382 e. The molecule has 0 aromatic rings. The summed E-state index contributed by atoms with van der Waals surface area (Å²) in [5, 5.41) is 3.49. The molecule has 0 spiro atoms.